The molecule has 2 heterocycles. The van der Waals surface area contributed by atoms with Gasteiger partial charge >= 0.3 is 6.03 Å². The minimum atomic E-state index is -1.40. The maximum Gasteiger partial charge on any atom is 0.326 e. The second kappa shape index (κ2) is 9.78. The van der Waals surface area contributed by atoms with Crippen LogP contribution in [0.15, 0.2) is 66.0 Å². The number of amides is 4. The number of benzene rings is 2. The molecule has 7 nitrogen and oxygen atoms in total. The van der Waals surface area contributed by atoms with Gasteiger partial charge in [-0.3, -0.25) is 14.5 Å². The minimum Gasteiger partial charge on any atom is -0.349 e. The van der Waals surface area contributed by atoms with Crippen LogP contribution in [0.25, 0.3) is 0 Å². The highest BCUT2D eigenvalue weighted by Gasteiger charge is 2.48. The first-order valence-corrected chi connectivity index (χ1v) is 12.8. The Hall–Kier alpha value is -3.65. The summed E-state index contributed by atoms with van der Waals surface area (Å²) >= 11 is 1.25. The van der Waals surface area contributed by atoms with Crippen LogP contribution in [-0.4, -0.2) is 41.9 Å². The van der Waals surface area contributed by atoms with Crippen LogP contribution in [0.5, 0.6) is 0 Å². The van der Waals surface area contributed by atoms with Crippen molar-refractivity contribution in [1.82, 2.24) is 10.2 Å². The summed E-state index contributed by atoms with van der Waals surface area (Å²) in [6, 6.07) is 18.5. The molecule has 1 aromatic heterocycles. The SMILES string of the molecule is CN1C(=O)Nc2ccsc2C(=O)N(CCc2ccccc2)C(C)(C(=O)NC(C)(C)C)c2ccccc21. The zero-order valence-corrected chi connectivity index (χ0v) is 22.1. The molecule has 1 aliphatic heterocycles. The highest BCUT2D eigenvalue weighted by molar-refractivity contribution is 7.12. The van der Waals surface area contributed by atoms with E-state index < -0.39 is 11.1 Å². The van der Waals surface area contributed by atoms with Crippen molar-refractivity contribution in [2.24, 2.45) is 0 Å². The average molecular weight is 505 g/mol. The monoisotopic (exact) mass is 504 g/mol. The van der Waals surface area contributed by atoms with Crippen LogP contribution in [0.3, 0.4) is 0 Å². The van der Waals surface area contributed by atoms with E-state index in [1.807, 2.05) is 69.3 Å². The highest BCUT2D eigenvalue weighted by atomic mass is 32.1. The maximum atomic E-state index is 14.2. The molecule has 0 saturated carbocycles. The number of nitrogens with one attached hydrogen (secondary N) is 2. The van der Waals surface area contributed by atoms with Crippen molar-refractivity contribution in [1.29, 1.82) is 0 Å². The van der Waals surface area contributed by atoms with Crippen LogP contribution >= 0.6 is 11.3 Å². The van der Waals surface area contributed by atoms with Crippen molar-refractivity contribution < 1.29 is 14.4 Å². The van der Waals surface area contributed by atoms with Crippen molar-refractivity contribution in [2.75, 3.05) is 23.8 Å². The van der Waals surface area contributed by atoms with Gasteiger partial charge in [0.1, 0.15) is 10.4 Å². The topological polar surface area (TPSA) is 81.8 Å². The predicted octanol–water partition coefficient (Wildman–Crippen LogP) is 5.24. The Bertz CT molecular complexity index is 1280. The van der Waals surface area contributed by atoms with E-state index >= 15 is 0 Å². The molecule has 36 heavy (non-hydrogen) atoms. The Balaban J connectivity index is 1.95. The molecule has 1 atom stereocenters. The van der Waals surface area contributed by atoms with Crippen LogP contribution in [0.2, 0.25) is 0 Å². The standard InChI is InChI=1S/C28H32N4O3S/c1-27(2,3)30-25(34)28(4)20-13-9-10-14-22(20)31(5)26(35)29-21-16-18-36-23(21)24(33)32(28)17-15-19-11-7-6-8-12-19/h6-14,16,18H,15,17H2,1-5H3,(H,29,35)(H,30,34). The molecule has 0 bridgehead atoms. The van der Waals surface area contributed by atoms with Crippen LogP contribution in [0, 0.1) is 0 Å². The molecule has 0 aliphatic carbocycles. The number of urea groups is 1. The third kappa shape index (κ3) is 4.86. The van der Waals surface area contributed by atoms with Crippen molar-refractivity contribution in [3.05, 3.63) is 82.0 Å². The smallest absolute Gasteiger partial charge is 0.326 e. The molecule has 0 spiro atoms. The fourth-order valence-electron chi connectivity index (χ4n) is 4.45. The molecule has 4 rings (SSSR count). The number of rotatable bonds is 4. The van der Waals surface area contributed by atoms with Crippen LogP contribution in [0.4, 0.5) is 16.2 Å². The largest absolute Gasteiger partial charge is 0.349 e. The number of hydrogen-bond donors (Lipinski definition) is 2. The van der Waals surface area contributed by atoms with Gasteiger partial charge in [0.15, 0.2) is 0 Å². The Labute approximate surface area is 216 Å². The first kappa shape index (κ1) is 25.4. The first-order valence-electron chi connectivity index (χ1n) is 11.9. The van der Waals surface area contributed by atoms with Crippen molar-refractivity contribution in [3.63, 3.8) is 0 Å². The third-order valence-corrected chi connectivity index (χ3v) is 7.28. The summed E-state index contributed by atoms with van der Waals surface area (Å²) in [5, 5.41) is 7.74. The number of fused-ring (bicyclic) bond motifs is 2. The summed E-state index contributed by atoms with van der Waals surface area (Å²) in [4.78, 5) is 45.0. The van der Waals surface area contributed by atoms with Gasteiger partial charge in [-0.1, -0.05) is 48.5 Å². The van der Waals surface area contributed by atoms with Gasteiger partial charge in [0.05, 0.1) is 11.4 Å². The summed E-state index contributed by atoms with van der Waals surface area (Å²) in [7, 11) is 1.67. The van der Waals surface area contributed by atoms with E-state index in [-0.39, 0.29) is 17.8 Å². The second-order valence-electron chi connectivity index (χ2n) is 10.1. The lowest BCUT2D eigenvalue weighted by Crippen LogP contribution is -2.60. The number of carbonyl (C=O) groups is 3. The summed E-state index contributed by atoms with van der Waals surface area (Å²) in [6.45, 7) is 7.81. The predicted molar refractivity (Wildman–Crippen MR) is 145 cm³/mol. The molecule has 188 valence electrons. The third-order valence-electron chi connectivity index (χ3n) is 6.38. The number of anilines is 2. The summed E-state index contributed by atoms with van der Waals surface area (Å²) in [5.41, 5.74) is 0.692. The average Bonchev–Trinajstić information content (AvgIpc) is 3.30. The first-order chi connectivity index (χ1) is 17.0. The molecular formula is C28H32N4O3S. The number of nitrogens with zero attached hydrogens (tertiary/aromatic N) is 2. The fourth-order valence-corrected chi connectivity index (χ4v) is 5.25. The quantitative estimate of drug-likeness (QED) is 0.510. The maximum absolute atomic E-state index is 14.2. The summed E-state index contributed by atoms with van der Waals surface area (Å²) in [6.07, 6.45) is 0.566. The molecule has 3 aromatic rings. The summed E-state index contributed by atoms with van der Waals surface area (Å²) < 4.78 is 0. The van der Waals surface area contributed by atoms with Crippen molar-refractivity contribution >= 4 is 40.6 Å². The molecule has 0 fully saturated rings. The lowest BCUT2D eigenvalue weighted by atomic mass is 9.85. The normalized spacial score (nSPS) is 18.2. The van der Waals surface area contributed by atoms with E-state index in [9.17, 15) is 14.4 Å². The minimum absolute atomic E-state index is 0.304. The van der Waals surface area contributed by atoms with Gasteiger partial charge in [0.2, 0.25) is 0 Å². The van der Waals surface area contributed by atoms with Crippen LogP contribution in [0.1, 0.15) is 48.5 Å². The van der Waals surface area contributed by atoms with Crippen molar-refractivity contribution in [2.45, 2.75) is 45.2 Å². The number of hydrogen-bond acceptors (Lipinski definition) is 4. The number of para-hydroxylation sites is 1. The molecule has 1 unspecified atom stereocenters. The van der Waals surface area contributed by atoms with E-state index in [0.29, 0.717) is 34.8 Å². The highest BCUT2D eigenvalue weighted by Crippen LogP contribution is 2.40. The van der Waals surface area contributed by atoms with Gasteiger partial charge in [-0.2, -0.15) is 0 Å². The van der Waals surface area contributed by atoms with Gasteiger partial charge < -0.3 is 15.5 Å². The number of carbonyl (C=O) groups excluding carboxylic acids is 3. The molecular weight excluding hydrogens is 472 g/mol. The Morgan fingerprint density at radius 2 is 1.69 bits per heavy atom. The Morgan fingerprint density at radius 3 is 2.39 bits per heavy atom. The Kier molecular flexibility index (Phi) is 6.91. The van der Waals surface area contributed by atoms with E-state index in [1.54, 1.807) is 36.4 Å². The van der Waals surface area contributed by atoms with Crippen molar-refractivity contribution in [3.8, 4) is 0 Å². The molecule has 4 amide bonds. The van der Waals surface area contributed by atoms with E-state index in [4.69, 9.17) is 0 Å². The van der Waals surface area contributed by atoms with E-state index in [1.165, 1.54) is 16.2 Å². The van der Waals surface area contributed by atoms with E-state index in [0.717, 1.165) is 5.56 Å². The lowest BCUT2D eigenvalue weighted by Gasteiger charge is -2.44. The van der Waals surface area contributed by atoms with Gasteiger partial charge in [0.25, 0.3) is 11.8 Å². The zero-order chi connectivity index (χ0) is 26.1. The Morgan fingerprint density at radius 1 is 1.03 bits per heavy atom. The fraction of sp³-hybridized carbons (Fsp3) is 0.321. The lowest BCUT2D eigenvalue weighted by molar-refractivity contribution is -0.133. The van der Waals surface area contributed by atoms with Gasteiger partial charge in [-0.05, 0) is 57.2 Å². The van der Waals surface area contributed by atoms with Gasteiger partial charge in [-0.15, -0.1) is 11.3 Å². The molecule has 2 aromatic carbocycles. The van der Waals surface area contributed by atoms with Gasteiger partial charge in [0, 0.05) is 24.7 Å². The molecule has 0 radical (unpaired) electrons. The van der Waals surface area contributed by atoms with Gasteiger partial charge in [-0.25, -0.2) is 4.79 Å². The molecule has 2 N–H and O–H groups in total. The van der Waals surface area contributed by atoms with E-state index in [2.05, 4.69) is 10.6 Å². The molecule has 0 saturated heterocycles. The molecule has 8 heteroatoms. The summed E-state index contributed by atoms with van der Waals surface area (Å²) in [5.74, 6) is -0.613. The van der Waals surface area contributed by atoms with Crippen LogP contribution in [-0.2, 0) is 16.8 Å². The number of thiophene rings is 1. The van der Waals surface area contributed by atoms with Crippen LogP contribution < -0.4 is 15.5 Å². The second-order valence-corrected chi connectivity index (χ2v) is 11.1. The zero-order valence-electron chi connectivity index (χ0n) is 21.3. The molecule has 1 aliphatic rings.